The van der Waals surface area contributed by atoms with E-state index in [0.717, 1.165) is 0 Å². The van der Waals surface area contributed by atoms with Crippen LogP contribution < -0.4 is 0 Å². The van der Waals surface area contributed by atoms with Gasteiger partial charge < -0.3 is 0 Å². The monoisotopic (exact) mass is 100 g/mol. The molecule has 0 spiro atoms. The van der Waals surface area contributed by atoms with Crippen molar-refractivity contribution in [1.29, 1.82) is 0 Å². The highest BCUT2D eigenvalue weighted by Crippen LogP contribution is 1.99. The molecule has 0 aromatic heterocycles. The molecule has 0 N–H and O–H groups in total. The molecule has 0 fully saturated rings. The van der Waals surface area contributed by atoms with Crippen molar-refractivity contribution in [3.05, 3.63) is 24.6 Å². The van der Waals surface area contributed by atoms with Crippen LogP contribution in [-0.4, -0.2) is 0 Å². The van der Waals surface area contributed by atoms with E-state index in [1.165, 1.54) is 12.2 Å². The second-order valence-corrected chi connectivity index (χ2v) is 1.20. The molecule has 0 unspecified atom stereocenters. The third kappa shape index (κ3) is 3.23. The number of allylic oxidation sites excluding steroid dienone is 3. The van der Waals surface area contributed by atoms with E-state index in [0.29, 0.717) is 6.42 Å². The van der Waals surface area contributed by atoms with Crippen molar-refractivity contribution < 1.29 is 4.39 Å². The van der Waals surface area contributed by atoms with Crippen molar-refractivity contribution in [3.63, 3.8) is 0 Å². The van der Waals surface area contributed by atoms with Crippen LogP contribution in [0.2, 0.25) is 0 Å². The van der Waals surface area contributed by atoms with Gasteiger partial charge >= 0.3 is 0 Å². The Labute approximate surface area is 43.4 Å². The molecular weight excluding hydrogens is 91.1 g/mol. The van der Waals surface area contributed by atoms with Gasteiger partial charge in [0.05, 0.1) is 5.83 Å². The van der Waals surface area contributed by atoms with Gasteiger partial charge in [-0.2, -0.15) is 0 Å². The average Bonchev–Trinajstić information content (AvgIpc) is 1.68. The highest BCUT2D eigenvalue weighted by Gasteiger charge is 1.80. The second kappa shape index (κ2) is 3.59. The van der Waals surface area contributed by atoms with Crippen LogP contribution in [0, 0.1) is 0 Å². The lowest BCUT2D eigenvalue weighted by molar-refractivity contribution is 0.605. The fourth-order valence-electron chi connectivity index (χ4n) is 0.246. The van der Waals surface area contributed by atoms with Gasteiger partial charge in [0.15, 0.2) is 0 Å². The Hall–Kier alpha value is -0.590. The first-order valence-electron chi connectivity index (χ1n) is 2.28. The summed E-state index contributed by atoms with van der Waals surface area (Å²) in [6.45, 7) is 5.09. The molecule has 0 amide bonds. The Kier molecular flexibility index (Phi) is 3.29. The Morgan fingerprint density at radius 2 is 2.43 bits per heavy atom. The number of halogens is 1. The molecule has 0 radical (unpaired) electrons. The lowest BCUT2D eigenvalue weighted by atomic mass is 10.4. The van der Waals surface area contributed by atoms with E-state index in [2.05, 4.69) is 6.58 Å². The van der Waals surface area contributed by atoms with Crippen molar-refractivity contribution in [3.8, 4) is 0 Å². The van der Waals surface area contributed by atoms with E-state index in [1.807, 2.05) is 0 Å². The predicted octanol–water partition coefficient (Wildman–Crippen LogP) is 2.44. The minimum Gasteiger partial charge on any atom is -0.212 e. The molecule has 1 heteroatoms. The van der Waals surface area contributed by atoms with Crippen LogP contribution in [0.3, 0.4) is 0 Å². The molecule has 0 heterocycles. The van der Waals surface area contributed by atoms with Gasteiger partial charge in [0.25, 0.3) is 0 Å². The first-order valence-corrected chi connectivity index (χ1v) is 2.28. The molecular formula is C6H9F. The van der Waals surface area contributed by atoms with Crippen molar-refractivity contribution in [1.82, 2.24) is 0 Å². The highest BCUT2D eigenvalue weighted by atomic mass is 19.1. The van der Waals surface area contributed by atoms with Gasteiger partial charge in [-0.3, -0.25) is 0 Å². The van der Waals surface area contributed by atoms with Gasteiger partial charge in [-0.05, 0) is 12.5 Å². The first kappa shape index (κ1) is 6.41. The molecule has 40 valence electrons. The summed E-state index contributed by atoms with van der Waals surface area (Å²) in [6.07, 6.45) is 3.27. The average molecular weight is 100 g/mol. The lowest BCUT2D eigenvalue weighted by Gasteiger charge is -1.80. The SMILES string of the molecule is C=CC=C(F)CC. The Balaban J connectivity index is 3.49. The maximum absolute atomic E-state index is 11.9. The van der Waals surface area contributed by atoms with Crippen molar-refractivity contribution in [2.45, 2.75) is 13.3 Å². The van der Waals surface area contributed by atoms with E-state index >= 15 is 0 Å². The van der Waals surface area contributed by atoms with Gasteiger partial charge in [0.1, 0.15) is 0 Å². The third-order valence-corrected chi connectivity index (χ3v) is 0.636. The number of hydrogen-bond donors (Lipinski definition) is 0. The summed E-state index contributed by atoms with van der Waals surface area (Å²) in [5.74, 6) is -0.116. The summed E-state index contributed by atoms with van der Waals surface area (Å²) in [5, 5.41) is 0. The highest BCUT2D eigenvalue weighted by molar-refractivity contribution is 5.02. The lowest BCUT2D eigenvalue weighted by Crippen LogP contribution is -1.62. The third-order valence-electron chi connectivity index (χ3n) is 0.636. The van der Waals surface area contributed by atoms with Crippen molar-refractivity contribution in [2.24, 2.45) is 0 Å². The molecule has 0 aliphatic heterocycles. The van der Waals surface area contributed by atoms with E-state index in [4.69, 9.17) is 0 Å². The standard InChI is InChI=1S/C6H9F/c1-3-5-6(7)4-2/h3,5H,1,4H2,2H3. The molecule has 0 aliphatic rings. The minimum absolute atomic E-state index is 0.116. The quantitative estimate of drug-likeness (QED) is 0.467. The summed E-state index contributed by atoms with van der Waals surface area (Å²) in [4.78, 5) is 0. The van der Waals surface area contributed by atoms with E-state index in [1.54, 1.807) is 6.92 Å². The van der Waals surface area contributed by atoms with Crippen molar-refractivity contribution >= 4 is 0 Å². The zero-order valence-corrected chi connectivity index (χ0v) is 4.45. The Morgan fingerprint density at radius 1 is 1.86 bits per heavy atom. The molecule has 7 heavy (non-hydrogen) atoms. The summed E-state index contributed by atoms with van der Waals surface area (Å²) < 4.78 is 11.9. The molecule has 0 rings (SSSR count). The second-order valence-electron chi connectivity index (χ2n) is 1.20. The van der Waals surface area contributed by atoms with E-state index in [9.17, 15) is 4.39 Å². The number of hydrogen-bond acceptors (Lipinski definition) is 0. The zero-order valence-electron chi connectivity index (χ0n) is 4.45. The fraction of sp³-hybridized carbons (Fsp3) is 0.333. The molecule has 0 aliphatic carbocycles. The molecule has 0 saturated heterocycles. The van der Waals surface area contributed by atoms with Gasteiger partial charge in [0.2, 0.25) is 0 Å². The topological polar surface area (TPSA) is 0 Å². The minimum atomic E-state index is -0.116. The molecule has 0 atom stereocenters. The largest absolute Gasteiger partial charge is 0.212 e. The van der Waals surface area contributed by atoms with E-state index in [-0.39, 0.29) is 5.83 Å². The molecule has 0 bridgehead atoms. The van der Waals surface area contributed by atoms with Crippen LogP contribution in [0.15, 0.2) is 24.6 Å². The maximum atomic E-state index is 11.9. The van der Waals surface area contributed by atoms with Crippen LogP contribution in [0.4, 0.5) is 4.39 Å². The van der Waals surface area contributed by atoms with Gasteiger partial charge in [0, 0.05) is 0 Å². The Bertz CT molecular complexity index is 82.2. The van der Waals surface area contributed by atoms with Crippen LogP contribution in [0.1, 0.15) is 13.3 Å². The fourth-order valence-corrected chi connectivity index (χ4v) is 0.246. The smallest absolute Gasteiger partial charge is 0.0996 e. The van der Waals surface area contributed by atoms with Crippen molar-refractivity contribution in [2.75, 3.05) is 0 Å². The van der Waals surface area contributed by atoms with Crippen LogP contribution in [-0.2, 0) is 0 Å². The molecule has 0 aromatic carbocycles. The van der Waals surface area contributed by atoms with Crippen LogP contribution in [0.25, 0.3) is 0 Å². The Morgan fingerprint density at radius 3 is 2.57 bits per heavy atom. The van der Waals surface area contributed by atoms with Gasteiger partial charge in [-0.15, -0.1) is 0 Å². The summed E-state index contributed by atoms with van der Waals surface area (Å²) in [6, 6.07) is 0. The molecule has 0 nitrogen and oxygen atoms in total. The van der Waals surface area contributed by atoms with Gasteiger partial charge in [-0.1, -0.05) is 19.6 Å². The predicted molar refractivity (Wildman–Crippen MR) is 29.7 cm³/mol. The van der Waals surface area contributed by atoms with Crippen LogP contribution >= 0.6 is 0 Å². The molecule has 0 aromatic rings. The summed E-state index contributed by atoms with van der Waals surface area (Å²) >= 11 is 0. The van der Waals surface area contributed by atoms with E-state index < -0.39 is 0 Å². The zero-order chi connectivity index (χ0) is 5.70. The summed E-state index contributed by atoms with van der Waals surface area (Å²) in [7, 11) is 0. The number of rotatable bonds is 2. The maximum Gasteiger partial charge on any atom is 0.0996 e. The summed E-state index contributed by atoms with van der Waals surface area (Å²) in [5.41, 5.74) is 0. The normalized spacial score (nSPS) is 11.4. The first-order chi connectivity index (χ1) is 3.31. The van der Waals surface area contributed by atoms with Crippen LogP contribution in [0.5, 0.6) is 0 Å². The van der Waals surface area contributed by atoms with Gasteiger partial charge in [-0.25, -0.2) is 4.39 Å². The molecule has 0 saturated carbocycles.